The van der Waals surface area contributed by atoms with Crippen LogP contribution in [0.4, 0.5) is 0 Å². The second-order valence-corrected chi connectivity index (χ2v) is 5.44. The topological polar surface area (TPSA) is 70.5 Å². The Morgan fingerprint density at radius 3 is 2.94 bits per heavy atom. The lowest BCUT2D eigenvalue weighted by molar-refractivity contribution is -0.140. The summed E-state index contributed by atoms with van der Waals surface area (Å²) in [4.78, 5) is 28.3. The summed E-state index contributed by atoms with van der Waals surface area (Å²) in [6, 6.07) is -0.723. The molecular weight excluding hydrogens is 248 g/mol. The predicted molar refractivity (Wildman–Crippen MR) is 61.8 cm³/mol. The van der Waals surface area contributed by atoms with Crippen LogP contribution in [0.3, 0.4) is 0 Å². The zero-order valence-corrected chi connectivity index (χ0v) is 10.2. The van der Waals surface area contributed by atoms with Crippen LogP contribution in [0.5, 0.6) is 0 Å². The number of carbonyl (C=O) groups is 2. The molecule has 0 aromatic carbocycles. The van der Waals surface area contributed by atoms with Crippen molar-refractivity contribution in [2.45, 2.75) is 13.0 Å². The van der Waals surface area contributed by atoms with Gasteiger partial charge in [-0.1, -0.05) is 0 Å². The first-order chi connectivity index (χ1) is 7.59. The van der Waals surface area contributed by atoms with E-state index in [4.69, 9.17) is 5.11 Å². The number of aromatic nitrogens is 1. The van der Waals surface area contributed by atoms with Crippen LogP contribution in [-0.2, 0) is 4.79 Å². The Hall–Kier alpha value is -1.08. The predicted octanol–water partition coefficient (Wildman–Crippen LogP) is 1.05. The Bertz CT molecular complexity index is 432. The van der Waals surface area contributed by atoms with Crippen LogP contribution < -0.4 is 0 Å². The summed E-state index contributed by atoms with van der Waals surface area (Å²) < 4.78 is 0. The molecule has 1 fully saturated rings. The van der Waals surface area contributed by atoms with Gasteiger partial charge in [0.1, 0.15) is 11.7 Å². The fourth-order valence-corrected chi connectivity index (χ4v) is 3.19. The van der Waals surface area contributed by atoms with Crippen molar-refractivity contribution in [3.63, 3.8) is 0 Å². The number of carboxylic acids is 1. The summed E-state index contributed by atoms with van der Waals surface area (Å²) in [5.41, 5.74) is 0.344. The van der Waals surface area contributed by atoms with Crippen LogP contribution in [0, 0.1) is 6.92 Å². The number of carboxylic acid groups (broad SMARTS) is 1. The molecule has 1 aromatic heterocycles. The Kier molecular flexibility index (Phi) is 3.15. The van der Waals surface area contributed by atoms with Gasteiger partial charge in [0.05, 0.1) is 10.9 Å². The summed E-state index contributed by atoms with van der Waals surface area (Å²) in [6.07, 6.45) is 0. The molecule has 1 unspecified atom stereocenters. The van der Waals surface area contributed by atoms with Gasteiger partial charge in [-0.25, -0.2) is 9.78 Å². The average molecular weight is 258 g/mol. The van der Waals surface area contributed by atoms with E-state index in [0.717, 1.165) is 5.01 Å². The second-order valence-electron chi connectivity index (χ2n) is 3.38. The number of hydrogen-bond donors (Lipinski definition) is 1. The molecule has 1 aliphatic rings. The van der Waals surface area contributed by atoms with Gasteiger partial charge in [-0.2, -0.15) is 0 Å². The molecule has 1 atom stereocenters. The van der Waals surface area contributed by atoms with Crippen molar-refractivity contribution in [3.8, 4) is 0 Å². The third kappa shape index (κ3) is 2.05. The van der Waals surface area contributed by atoms with Crippen LogP contribution >= 0.6 is 23.1 Å². The Morgan fingerprint density at radius 1 is 1.62 bits per heavy atom. The molecule has 7 heteroatoms. The highest BCUT2D eigenvalue weighted by Gasteiger charge is 2.35. The van der Waals surface area contributed by atoms with E-state index >= 15 is 0 Å². The van der Waals surface area contributed by atoms with Crippen LogP contribution in [0.1, 0.15) is 15.5 Å². The summed E-state index contributed by atoms with van der Waals surface area (Å²) >= 11 is 2.84. The average Bonchev–Trinajstić information content (AvgIpc) is 2.84. The van der Waals surface area contributed by atoms with Crippen LogP contribution in [-0.4, -0.2) is 44.5 Å². The summed E-state index contributed by atoms with van der Waals surface area (Å²) in [6.45, 7) is 1.81. The van der Waals surface area contributed by atoms with Crippen LogP contribution in [0.2, 0.25) is 0 Å². The number of hydrogen-bond acceptors (Lipinski definition) is 5. The third-order valence-corrected chi connectivity index (χ3v) is 4.05. The second kappa shape index (κ2) is 4.42. The van der Waals surface area contributed by atoms with Gasteiger partial charge in [0.15, 0.2) is 0 Å². The summed E-state index contributed by atoms with van der Waals surface area (Å²) in [5, 5.41) is 11.4. The summed E-state index contributed by atoms with van der Waals surface area (Å²) in [7, 11) is 0. The normalized spacial score (nSPS) is 20.1. The van der Waals surface area contributed by atoms with Gasteiger partial charge in [0.25, 0.3) is 5.91 Å². The van der Waals surface area contributed by atoms with E-state index in [1.54, 1.807) is 5.38 Å². The molecule has 1 saturated heterocycles. The maximum atomic E-state index is 12.0. The lowest BCUT2D eigenvalue weighted by Crippen LogP contribution is -2.41. The highest BCUT2D eigenvalue weighted by atomic mass is 32.2. The van der Waals surface area contributed by atoms with Crippen molar-refractivity contribution in [2.75, 3.05) is 11.6 Å². The molecule has 0 radical (unpaired) electrons. The number of rotatable bonds is 2. The maximum Gasteiger partial charge on any atom is 0.327 e. The zero-order valence-electron chi connectivity index (χ0n) is 8.54. The SMILES string of the molecule is Cc1nc(C(=O)N2CSCC2C(=O)O)cs1. The Morgan fingerprint density at radius 2 is 2.38 bits per heavy atom. The number of amides is 1. The fraction of sp³-hybridized carbons (Fsp3) is 0.444. The molecule has 0 bridgehead atoms. The van der Waals surface area contributed by atoms with Gasteiger partial charge >= 0.3 is 5.97 Å². The van der Waals surface area contributed by atoms with Crippen molar-refractivity contribution in [1.29, 1.82) is 0 Å². The quantitative estimate of drug-likeness (QED) is 0.858. The Balaban J connectivity index is 2.18. The molecule has 1 aromatic rings. The number of nitrogens with zero attached hydrogens (tertiary/aromatic N) is 2. The van der Waals surface area contributed by atoms with E-state index in [0.29, 0.717) is 17.3 Å². The third-order valence-electron chi connectivity index (χ3n) is 2.27. The number of aliphatic carboxylic acids is 1. The van der Waals surface area contributed by atoms with Crippen LogP contribution in [0.25, 0.3) is 0 Å². The van der Waals surface area contributed by atoms with Gasteiger partial charge in [-0.15, -0.1) is 23.1 Å². The molecule has 0 spiro atoms. The standard InChI is InChI=1S/C9H10N2O3S2/c1-5-10-6(2-16-5)8(12)11-4-15-3-7(11)9(13)14/h2,7H,3-4H2,1H3,(H,13,14). The molecule has 2 heterocycles. The van der Waals surface area contributed by atoms with Crippen molar-refractivity contribution >= 4 is 35.0 Å². The van der Waals surface area contributed by atoms with E-state index in [2.05, 4.69) is 4.98 Å². The molecule has 0 saturated carbocycles. The molecule has 5 nitrogen and oxygen atoms in total. The molecule has 1 N–H and O–H groups in total. The van der Waals surface area contributed by atoms with E-state index in [-0.39, 0.29) is 5.91 Å². The van der Waals surface area contributed by atoms with Crippen molar-refractivity contribution < 1.29 is 14.7 Å². The summed E-state index contributed by atoms with van der Waals surface area (Å²) in [5.74, 6) is -0.372. The van der Waals surface area contributed by atoms with Gasteiger partial charge in [0, 0.05) is 11.1 Å². The highest BCUT2D eigenvalue weighted by Crippen LogP contribution is 2.23. The molecule has 16 heavy (non-hydrogen) atoms. The monoisotopic (exact) mass is 258 g/mol. The number of aryl methyl sites for hydroxylation is 1. The Labute approximate surface area is 100 Å². The smallest absolute Gasteiger partial charge is 0.327 e. The van der Waals surface area contributed by atoms with Gasteiger partial charge < -0.3 is 10.0 Å². The number of carbonyl (C=O) groups excluding carboxylic acids is 1. The lowest BCUT2D eigenvalue weighted by atomic mass is 10.3. The molecule has 2 rings (SSSR count). The van der Waals surface area contributed by atoms with Crippen molar-refractivity contribution in [3.05, 3.63) is 16.1 Å². The van der Waals surface area contributed by atoms with E-state index in [1.165, 1.54) is 28.0 Å². The molecule has 1 amide bonds. The zero-order chi connectivity index (χ0) is 11.7. The first-order valence-corrected chi connectivity index (χ1v) is 6.66. The maximum absolute atomic E-state index is 12.0. The lowest BCUT2D eigenvalue weighted by Gasteiger charge is -2.18. The largest absolute Gasteiger partial charge is 0.480 e. The molecule has 1 aliphatic heterocycles. The van der Waals surface area contributed by atoms with E-state index in [9.17, 15) is 9.59 Å². The van der Waals surface area contributed by atoms with Gasteiger partial charge in [-0.05, 0) is 6.92 Å². The molecule has 0 aliphatic carbocycles. The van der Waals surface area contributed by atoms with Crippen molar-refractivity contribution in [2.24, 2.45) is 0 Å². The molecule has 86 valence electrons. The first kappa shape index (κ1) is 11.4. The fourth-order valence-electron chi connectivity index (χ4n) is 1.46. The van der Waals surface area contributed by atoms with Gasteiger partial charge in [-0.3, -0.25) is 4.79 Å². The number of thiazole rings is 1. The molecular formula is C9H10N2O3S2. The minimum absolute atomic E-state index is 0.290. The first-order valence-electron chi connectivity index (χ1n) is 4.63. The minimum Gasteiger partial charge on any atom is -0.480 e. The number of thioether (sulfide) groups is 1. The highest BCUT2D eigenvalue weighted by molar-refractivity contribution is 7.99. The van der Waals surface area contributed by atoms with Crippen LogP contribution in [0.15, 0.2) is 5.38 Å². The van der Waals surface area contributed by atoms with Gasteiger partial charge in [0.2, 0.25) is 0 Å². The minimum atomic E-state index is -0.953. The van der Waals surface area contributed by atoms with Crippen molar-refractivity contribution in [1.82, 2.24) is 9.88 Å². The van der Waals surface area contributed by atoms with E-state index in [1.807, 2.05) is 6.92 Å². The van der Waals surface area contributed by atoms with E-state index < -0.39 is 12.0 Å².